The normalized spacial score (nSPS) is 28.5. The topological polar surface area (TPSA) is 33.1 Å². The molecule has 1 saturated carbocycles. The first-order valence-corrected chi connectivity index (χ1v) is 4.47. The van der Waals surface area contributed by atoms with Crippen molar-refractivity contribution in [2.45, 2.75) is 19.4 Å². The summed E-state index contributed by atoms with van der Waals surface area (Å²) in [6, 6.07) is 1.55. The molecule has 0 saturated heterocycles. The standard InChI is InChI=1S/C10H12FNO/c1-6-4-8(6)10(13)7-2-3-12-5-9(7)11/h2-3,5-6,8,10,13H,4H2,1H3. The van der Waals surface area contributed by atoms with E-state index in [4.69, 9.17) is 0 Å². The SMILES string of the molecule is CC1CC1C(O)c1ccncc1F. The molecule has 1 N–H and O–H groups in total. The lowest BCUT2D eigenvalue weighted by Crippen LogP contribution is -2.04. The van der Waals surface area contributed by atoms with E-state index in [2.05, 4.69) is 11.9 Å². The third kappa shape index (κ3) is 1.56. The van der Waals surface area contributed by atoms with Crippen LogP contribution in [0.2, 0.25) is 0 Å². The smallest absolute Gasteiger partial charge is 0.147 e. The lowest BCUT2D eigenvalue weighted by Gasteiger charge is -2.10. The van der Waals surface area contributed by atoms with Gasteiger partial charge in [-0.15, -0.1) is 0 Å². The van der Waals surface area contributed by atoms with E-state index in [0.717, 1.165) is 12.6 Å². The van der Waals surface area contributed by atoms with E-state index in [-0.39, 0.29) is 5.92 Å². The highest BCUT2D eigenvalue weighted by Gasteiger charge is 2.40. The number of halogens is 1. The van der Waals surface area contributed by atoms with Crippen molar-refractivity contribution in [3.63, 3.8) is 0 Å². The molecule has 13 heavy (non-hydrogen) atoms. The van der Waals surface area contributed by atoms with E-state index in [9.17, 15) is 9.50 Å². The number of pyridine rings is 1. The predicted molar refractivity (Wildman–Crippen MR) is 46.4 cm³/mol. The zero-order valence-corrected chi connectivity index (χ0v) is 7.44. The van der Waals surface area contributed by atoms with Crippen LogP contribution < -0.4 is 0 Å². The summed E-state index contributed by atoms with van der Waals surface area (Å²) in [7, 11) is 0. The Morgan fingerprint density at radius 2 is 2.38 bits per heavy atom. The van der Waals surface area contributed by atoms with Crippen LogP contribution >= 0.6 is 0 Å². The number of aromatic nitrogens is 1. The second-order valence-corrected chi connectivity index (χ2v) is 3.72. The first-order valence-electron chi connectivity index (χ1n) is 4.47. The van der Waals surface area contributed by atoms with Crippen molar-refractivity contribution in [3.8, 4) is 0 Å². The van der Waals surface area contributed by atoms with Gasteiger partial charge in [-0.2, -0.15) is 0 Å². The van der Waals surface area contributed by atoms with Gasteiger partial charge in [0.25, 0.3) is 0 Å². The van der Waals surface area contributed by atoms with Crippen molar-refractivity contribution in [1.29, 1.82) is 0 Å². The predicted octanol–water partition coefficient (Wildman–Crippen LogP) is 1.91. The van der Waals surface area contributed by atoms with E-state index in [1.54, 1.807) is 6.07 Å². The molecular weight excluding hydrogens is 169 g/mol. The van der Waals surface area contributed by atoms with Gasteiger partial charge in [-0.05, 0) is 24.3 Å². The van der Waals surface area contributed by atoms with Gasteiger partial charge in [-0.3, -0.25) is 4.98 Å². The molecular formula is C10H12FNO. The monoisotopic (exact) mass is 181 g/mol. The van der Waals surface area contributed by atoms with E-state index in [1.165, 1.54) is 6.20 Å². The number of rotatable bonds is 2. The van der Waals surface area contributed by atoms with Crippen molar-refractivity contribution in [2.75, 3.05) is 0 Å². The summed E-state index contributed by atoms with van der Waals surface area (Å²) in [4.78, 5) is 3.64. The van der Waals surface area contributed by atoms with Crippen molar-refractivity contribution >= 4 is 0 Å². The van der Waals surface area contributed by atoms with Crippen molar-refractivity contribution in [2.24, 2.45) is 11.8 Å². The second-order valence-electron chi connectivity index (χ2n) is 3.72. The Morgan fingerprint density at radius 3 is 2.92 bits per heavy atom. The van der Waals surface area contributed by atoms with Crippen molar-refractivity contribution in [1.82, 2.24) is 4.98 Å². The Morgan fingerprint density at radius 1 is 1.69 bits per heavy atom. The highest BCUT2D eigenvalue weighted by Crippen LogP contribution is 2.47. The fraction of sp³-hybridized carbons (Fsp3) is 0.500. The molecule has 2 rings (SSSR count). The maximum absolute atomic E-state index is 13.1. The van der Waals surface area contributed by atoms with Crippen molar-refractivity contribution < 1.29 is 9.50 Å². The average molecular weight is 181 g/mol. The molecule has 0 spiro atoms. The maximum Gasteiger partial charge on any atom is 0.147 e. The second kappa shape index (κ2) is 3.07. The number of aliphatic hydroxyl groups excluding tert-OH is 1. The van der Waals surface area contributed by atoms with Gasteiger partial charge in [0, 0.05) is 11.8 Å². The Hall–Kier alpha value is -0.960. The Bertz CT molecular complexity index is 316. The molecule has 70 valence electrons. The third-order valence-corrected chi connectivity index (χ3v) is 2.70. The van der Waals surface area contributed by atoms with Crippen LogP contribution in [0.4, 0.5) is 4.39 Å². The van der Waals surface area contributed by atoms with E-state index < -0.39 is 11.9 Å². The fourth-order valence-electron chi connectivity index (χ4n) is 1.65. The number of hydrogen-bond acceptors (Lipinski definition) is 2. The van der Waals surface area contributed by atoms with Crippen LogP contribution in [0, 0.1) is 17.7 Å². The molecule has 0 bridgehead atoms. The van der Waals surface area contributed by atoms with Crippen LogP contribution in [0.15, 0.2) is 18.5 Å². The van der Waals surface area contributed by atoms with Crippen LogP contribution in [-0.4, -0.2) is 10.1 Å². The Balaban J connectivity index is 2.20. The molecule has 0 amide bonds. The molecule has 2 nitrogen and oxygen atoms in total. The summed E-state index contributed by atoms with van der Waals surface area (Å²) >= 11 is 0. The average Bonchev–Trinajstić information content (AvgIpc) is 2.82. The Labute approximate surface area is 76.4 Å². The maximum atomic E-state index is 13.1. The number of aliphatic hydroxyl groups is 1. The van der Waals surface area contributed by atoms with E-state index >= 15 is 0 Å². The molecule has 1 aliphatic rings. The quantitative estimate of drug-likeness (QED) is 0.756. The van der Waals surface area contributed by atoms with Gasteiger partial charge in [-0.25, -0.2) is 4.39 Å². The molecule has 0 radical (unpaired) electrons. The summed E-state index contributed by atoms with van der Waals surface area (Å²) in [6.07, 6.45) is 2.99. The molecule has 1 heterocycles. The summed E-state index contributed by atoms with van der Waals surface area (Å²) in [6.45, 7) is 2.06. The number of hydrogen-bond donors (Lipinski definition) is 1. The molecule has 3 atom stereocenters. The zero-order valence-electron chi connectivity index (χ0n) is 7.44. The lowest BCUT2D eigenvalue weighted by molar-refractivity contribution is 0.143. The third-order valence-electron chi connectivity index (χ3n) is 2.70. The van der Waals surface area contributed by atoms with Gasteiger partial charge >= 0.3 is 0 Å². The highest BCUT2D eigenvalue weighted by molar-refractivity contribution is 5.18. The molecule has 1 fully saturated rings. The number of nitrogens with zero attached hydrogens (tertiary/aromatic N) is 1. The minimum Gasteiger partial charge on any atom is -0.388 e. The Kier molecular flexibility index (Phi) is 2.04. The molecule has 0 aromatic carbocycles. The minimum atomic E-state index is -0.655. The first-order chi connectivity index (χ1) is 6.20. The first kappa shape index (κ1) is 8.63. The summed E-state index contributed by atoms with van der Waals surface area (Å²) in [5.74, 6) is 0.341. The largest absolute Gasteiger partial charge is 0.388 e. The molecule has 3 heteroatoms. The summed E-state index contributed by atoms with van der Waals surface area (Å²) in [5, 5.41) is 9.74. The lowest BCUT2D eigenvalue weighted by atomic mass is 10.1. The van der Waals surface area contributed by atoms with E-state index in [0.29, 0.717) is 11.5 Å². The summed E-state index contributed by atoms with van der Waals surface area (Å²) < 4.78 is 13.1. The molecule has 0 aliphatic heterocycles. The molecule has 1 aliphatic carbocycles. The van der Waals surface area contributed by atoms with E-state index in [1.807, 2.05) is 0 Å². The fourth-order valence-corrected chi connectivity index (χ4v) is 1.65. The van der Waals surface area contributed by atoms with Crippen molar-refractivity contribution in [3.05, 3.63) is 29.8 Å². The van der Waals surface area contributed by atoms with Crippen LogP contribution in [0.3, 0.4) is 0 Å². The van der Waals surface area contributed by atoms with Gasteiger partial charge in [-0.1, -0.05) is 6.92 Å². The summed E-state index contributed by atoms with van der Waals surface area (Å²) in [5.41, 5.74) is 0.379. The van der Waals surface area contributed by atoms with Gasteiger partial charge in [0.2, 0.25) is 0 Å². The van der Waals surface area contributed by atoms with Gasteiger partial charge in [0.1, 0.15) is 5.82 Å². The van der Waals surface area contributed by atoms with Crippen LogP contribution in [0.5, 0.6) is 0 Å². The molecule has 1 aromatic heterocycles. The zero-order chi connectivity index (χ0) is 9.42. The molecule has 3 unspecified atom stereocenters. The minimum absolute atomic E-state index is 0.233. The van der Waals surface area contributed by atoms with Crippen LogP contribution in [-0.2, 0) is 0 Å². The van der Waals surface area contributed by atoms with Gasteiger partial charge in [0.15, 0.2) is 0 Å². The highest BCUT2D eigenvalue weighted by atomic mass is 19.1. The van der Waals surface area contributed by atoms with Crippen LogP contribution in [0.25, 0.3) is 0 Å². The van der Waals surface area contributed by atoms with Gasteiger partial charge in [0.05, 0.1) is 12.3 Å². The van der Waals surface area contributed by atoms with Crippen LogP contribution in [0.1, 0.15) is 25.0 Å². The van der Waals surface area contributed by atoms with Gasteiger partial charge < -0.3 is 5.11 Å². The molecule has 1 aromatic rings.